The average Bonchev–Trinajstić information content (AvgIpc) is 2.33. The third kappa shape index (κ3) is 2.94. The van der Waals surface area contributed by atoms with Gasteiger partial charge in [-0.1, -0.05) is 0 Å². The molecule has 0 unspecified atom stereocenters. The van der Waals surface area contributed by atoms with Gasteiger partial charge in [0.25, 0.3) is 0 Å². The molecule has 112 valence electrons. The molecule has 0 atom stereocenters. The van der Waals surface area contributed by atoms with E-state index in [4.69, 9.17) is 5.73 Å². The summed E-state index contributed by atoms with van der Waals surface area (Å²) in [5.41, 5.74) is 6.03. The second-order valence-corrected chi connectivity index (χ2v) is 6.10. The summed E-state index contributed by atoms with van der Waals surface area (Å²) in [7, 11) is 2.04. The van der Waals surface area contributed by atoms with Gasteiger partial charge in [-0.15, -0.1) is 0 Å². The van der Waals surface area contributed by atoms with Crippen LogP contribution in [0.1, 0.15) is 19.4 Å². The quantitative estimate of drug-likeness (QED) is 0.921. The number of anilines is 1. The predicted octanol–water partition coefficient (Wildman–Crippen LogP) is 2.00. The summed E-state index contributed by atoms with van der Waals surface area (Å²) in [4.78, 5) is 4.01. The second-order valence-electron chi connectivity index (χ2n) is 6.10. The molecule has 2 N–H and O–H groups in total. The van der Waals surface area contributed by atoms with E-state index in [1.165, 1.54) is 12.1 Å². The van der Waals surface area contributed by atoms with Crippen molar-refractivity contribution in [2.45, 2.75) is 25.8 Å². The van der Waals surface area contributed by atoms with Crippen molar-refractivity contribution in [3.8, 4) is 0 Å². The lowest BCUT2D eigenvalue weighted by molar-refractivity contribution is 0.138. The molecule has 0 bridgehead atoms. The lowest BCUT2D eigenvalue weighted by Gasteiger charge is -2.46. The second kappa shape index (κ2) is 5.66. The fraction of sp³-hybridized carbons (Fsp3) is 0.600. The zero-order valence-electron chi connectivity index (χ0n) is 12.4. The molecule has 1 aromatic carbocycles. The number of likely N-dealkylation sites (N-methyl/N-ethyl adjacent to an activating group) is 1. The first kappa shape index (κ1) is 15.2. The molecule has 0 radical (unpaired) electrons. The fourth-order valence-electron chi connectivity index (χ4n) is 2.66. The topological polar surface area (TPSA) is 32.5 Å². The van der Waals surface area contributed by atoms with Gasteiger partial charge < -0.3 is 10.6 Å². The average molecular weight is 283 g/mol. The smallest absolute Gasteiger partial charge is 0.149 e. The number of rotatable bonds is 3. The molecule has 1 heterocycles. The van der Waals surface area contributed by atoms with Gasteiger partial charge in [0.05, 0.1) is 0 Å². The monoisotopic (exact) mass is 283 g/mol. The van der Waals surface area contributed by atoms with Crippen molar-refractivity contribution in [3.05, 3.63) is 29.3 Å². The van der Waals surface area contributed by atoms with Crippen molar-refractivity contribution in [1.82, 2.24) is 4.90 Å². The van der Waals surface area contributed by atoms with Crippen LogP contribution >= 0.6 is 0 Å². The van der Waals surface area contributed by atoms with Crippen LogP contribution < -0.4 is 10.6 Å². The minimum absolute atomic E-state index is 0.0898. The Bertz CT molecular complexity index is 465. The molecule has 0 aliphatic carbocycles. The number of hydrogen-bond donors (Lipinski definition) is 1. The van der Waals surface area contributed by atoms with Crippen LogP contribution in [0, 0.1) is 11.6 Å². The molecule has 0 aromatic heterocycles. The van der Waals surface area contributed by atoms with Gasteiger partial charge in [-0.3, -0.25) is 4.90 Å². The van der Waals surface area contributed by atoms with E-state index in [1.54, 1.807) is 4.90 Å². The number of piperazine rings is 1. The first-order valence-corrected chi connectivity index (χ1v) is 6.99. The molecule has 5 heteroatoms. The van der Waals surface area contributed by atoms with E-state index < -0.39 is 11.6 Å². The predicted molar refractivity (Wildman–Crippen MR) is 78.0 cm³/mol. The third-order valence-corrected chi connectivity index (χ3v) is 4.14. The van der Waals surface area contributed by atoms with E-state index in [2.05, 4.69) is 18.7 Å². The number of nitrogens with zero attached hydrogens (tertiary/aromatic N) is 2. The maximum atomic E-state index is 14.2. The Balaban J connectivity index is 2.29. The summed E-state index contributed by atoms with van der Waals surface area (Å²) in [5.74, 6) is -0.984. The summed E-state index contributed by atoms with van der Waals surface area (Å²) in [6.45, 7) is 6.57. The molecule has 3 nitrogen and oxygen atoms in total. The number of benzene rings is 1. The van der Waals surface area contributed by atoms with Gasteiger partial charge in [-0.25, -0.2) is 8.78 Å². The van der Waals surface area contributed by atoms with Crippen molar-refractivity contribution >= 4 is 5.69 Å². The molecule has 1 aliphatic heterocycles. The van der Waals surface area contributed by atoms with Crippen molar-refractivity contribution in [3.63, 3.8) is 0 Å². The highest BCUT2D eigenvalue weighted by atomic mass is 19.1. The highest BCUT2D eigenvalue weighted by Gasteiger charge is 2.33. The maximum absolute atomic E-state index is 14.2. The molecule has 0 amide bonds. The van der Waals surface area contributed by atoms with Crippen LogP contribution in [0.5, 0.6) is 0 Å². The van der Waals surface area contributed by atoms with Gasteiger partial charge >= 0.3 is 0 Å². The summed E-state index contributed by atoms with van der Waals surface area (Å²) in [6, 6.07) is 2.80. The normalized spacial score (nSPS) is 19.4. The van der Waals surface area contributed by atoms with E-state index in [0.29, 0.717) is 31.6 Å². The zero-order valence-corrected chi connectivity index (χ0v) is 12.4. The van der Waals surface area contributed by atoms with E-state index in [1.807, 2.05) is 7.05 Å². The van der Waals surface area contributed by atoms with Crippen LogP contribution in [-0.2, 0) is 6.42 Å². The van der Waals surface area contributed by atoms with Gasteiger partial charge in [-0.05, 0) is 51.6 Å². The van der Waals surface area contributed by atoms with E-state index in [9.17, 15) is 8.78 Å². The summed E-state index contributed by atoms with van der Waals surface area (Å²) < 4.78 is 28.5. The van der Waals surface area contributed by atoms with Crippen LogP contribution in [0.4, 0.5) is 14.5 Å². The highest BCUT2D eigenvalue weighted by Crippen LogP contribution is 2.29. The Morgan fingerprint density at radius 1 is 1.20 bits per heavy atom. The summed E-state index contributed by atoms with van der Waals surface area (Å²) in [6.07, 6.45) is 0.488. The first-order valence-electron chi connectivity index (χ1n) is 6.99. The number of hydrogen-bond acceptors (Lipinski definition) is 3. The highest BCUT2D eigenvalue weighted by molar-refractivity contribution is 5.51. The van der Waals surface area contributed by atoms with Crippen LogP contribution in [0.15, 0.2) is 12.1 Å². The standard InChI is InChI=1S/C15H23F2N3/c1-15(2)10-20(7-6-19(15)3)14-12(16)8-11(4-5-18)9-13(14)17/h8-9H,4-7,10,18H2,1-3H3. The molecule has 20 heavy (non-hydrogen) atoms. The summed E-state index contributed by atoms with van der Waals surface area (Å²) in [5, 5.41) is 0. The minimum atomic E-state index is -0.492. The van der Waals surface area contributed by atoms with Crippen molar-refractivity contribution in [2.24, 2.45) is 5.73 Å². The van der Waals surface area contributed by atoms with E-state index in [-0.39, 0.29) is 11.2 Å². The SMILES string of the molecule is CN1CCN(c2c(F)cc(CCN)cc2F)CC1(C)C. The van der Waals surface area contributed by atoms with Crippen molar-refractivity contribution in [2.75, 3.05) is 38.1 Å². The molecule has 1 saturated heterocycles. The Morgan fingerprint density at radius 2 is 1.80 bits per heavy atom. The Kier molecular flexibility index (Phi) is 4.30. The molecule has 0 spiro atoms. The Labute approximate surface area is 119 Å². The Hall–Kier alpha value is -1.20. The number of halogens is 2. The van der Waals surface area contributed by atoms with Crippen molar-refractivity contribution < 1.29 is 8.78 Å². The van der Waals surface area contributed by atoms with Gasteiger partial charge in [0.1, 0.15) is 17.3 Å². The van der Waals surface area contributed by atoms with Gasteiger partial charge in [-0.2, -0.15) is 0 Å². The largest absolute Gasteiger partial charge is 0.364 e. The Morgan fingerprint density at radius 3 is 2.30 bits per heavy atom. The minimum Gasteiger partial charge on any atom is -0.364 e. The van der Waals surface area contributed by atoms with Gasteiger partial charge in [0.2, 0.25) is 0 Å². The molecule has 1 aliphatic rings. The van der Waals surface area contributed by atoms with Gasteiger partial charge in [0, 0.05) is 25.2 Å². The first-order chi connectivity index (χ1) is 9.35. The molecular weight excluding hydrogens is 260 g/mol. The molecule has 0 saturated carbocycles. The van der Waals surface area contributed by atoms with Gasteiger partial charge in [0.15, 0.2) is 0 Å². The van der Waals surface area contributed by atoms with Crippen molar-refractivity contribution in [1.29, 1.82) is 0 Å². The van der Waals surface area contributed by atoms with Crippen LogP contribution in [-0.4, -0.2) is 43.7 Å². The maximum Gasteiger partial charge on any atom is 0.149 e. The molecule has 1 aromatic rings. The molecule has 1 fully saturated rings. The van der Waals surface area contributed by atoms with E-state index >= 15 is 0 Å². The van der Waals surface area contributed by atoms with Crippen LogP contribution in [0.3, 0.4) is 0 Å². The number of nitrogens with two attached hydrogens (primary N) is 1. The zero-order chi connectivity index (χ0) is 14.9. The molecule has 2 rings (SSSR count). The lowest BCUT2D eigenvalue weighted by atomic mass is 9.98. The molecular formula is C15H23F2N3. The van der Waals surface area contributed by atoms with Crippen LogP contribution in [0.2, 0.25) is 0 Å². The third-order valence-electron chi connectivity index (χ3n) is 4.14. The summed E-state index contributed by atoms with van der Waals surface area (Å²) >= 11 is 0. The van der Waals surface area contributed by atoms with E-state index in [0.717, 1.165) is 6.54 Å². The van der Waals surface area contributed by atoms with Crippen LogP contribution in [0.25, 0.3) is 0 Å². The lowest BCUT2D eigenvalue weighted by Crippen LogP contribution is -2.58. The fourth-order valence-corrected chi connectivity index (χ4v) is 2.66.